The first-order chi connectivity index (χ1) is 16.5. The van der Waals surface area contributed by atoms with Crippen molar-refractivity contribution in [3.8, 4) is 0 Å². The number of urea groups is 1. The first-order valence-electron chi connectivity index (χ1n) is 10.8. The standard InChI is InChI=1S/C27H21ClN4O2/c1-32-23-15-14-19(28)16-21(23)24(18-9-3-2-4-10-18)30-25(26(32)33)31-27(34)29-22-13-7-11-17-8-5-6-12-20(17)22/h2-16,25H,1H3,(H2,29,31,34). The summed E-state index contributed by atoms with van der Waals surface area (Å²) in [5.41, 5.74) is 3.41. The van der Waals surface area contributed by atoms with E-state index in [9.17, 15) is 9.59 Å². The number of fused-ring (bicyclic) bond motifs is 2. The molecule has 7 heteroatoms. The Morgan fingerprint density at radius 2 is 1.68 bits per heavy atom. The summed E-state index contributed by atoms with van der Waals surface area (Å²) in [6.45, 7) is 0. The lowest BCUT2D eigenvalue weighted by Crippen LogP contribution is -2.47. The number of amides is 3. The van der Waals surface area contributed by atoms with E-state index in [0.717, 1.165) is 16.3 Å². The number of benzodiazepines with no additional fused rings is 1. The fraction of sp³-hybridized carbons (Fsp3) is 0.0741. The van der Waals surface area contributed by atoms with Crippen molar-refractivity contribution in [3.63, 3.8) is 0 Å². The third kappa shape index (κ3) is 4.11. The van der Waals surface area contributed by atoms with Crippen LogP contribution in [-0.2, 0) is 4.79 Å². The molecule has 0 spiro atoms. The van der Waals surface area contributed by atoms with Crippen LogP contribution in [0.1, 0.15) is 11.1 Å². The first-order valence-corrected chi connectivity index (χ1v) is 11.1. The molecular weight excluding hydrogens is 448 g/mol. The molecule has 1 unspecified atom stereocenters. The van der Waals surface area contributed by atoms with Gasteiger partial charge in [-0.25, -0.2) is 9.79 Å². The van der Waals surface area contributed by atoms with E-state index < -0.39 is 12.2 Å². The molecule has 0 saturated carbocycles. The van der Waals surface area contributed by atoms with Crippen LogP contribution in [0, 0.1) is 0 Å². The number of likely N-dealkylation sites (N-methyl/N-ethyl adjacent to an activating group) is 1. The predicted molar refractivity (Wildman–Crippen MR) is 137 cm³/mol. The van der Waals surface area contributed by atoms with E-state index >= 15 is 0 Å². The zero-order chi connectivity index (χ0) is 23.7. The molecule has 1 atom stereocenters. The van der Waals surface area contributed by atoms with E-state index in [-0.39, 0.29) is 5.91 Å². The minimum Gasteiger partial charge on any atom is -0.311 e. The fourth-order valence-corrected chi connectivity index (χ4v) is 4.26. The number of nitrogens with zero attached hydrogens (tertiary/aromatic N) is 2. The van der Waals surface area contributed by atoms with Crippen molar-refractivity contribution in [1.82, 2.24) is 5.32 Å². The molecule has 0 bridgehead atoms. The van der Waals surface area contributed by atoms with Crippen LogP contribution in [0.15, 0.2) is 96.0 Å². The summed E-state index contributed by atoms with van der Waals surface area (Å²) >= 11 is 6.29. The molecule has 1 heterocycles. The predicted octanol–water partition coefficient (Wildman–Crippen LogP) is 5.45. The van der Waals surface area contributed by atoms with Crippen LogP contribution in [-0.4, -0.2) is 30.9 Å². The van der Waals surface area contributed by atoms with Gasteiger partial charge in [0, 0.05) is 28.6 Å². The van der Waals surface area contributed by atoms with Crippen molar-refractivity contribution < 1.29 is 9.59 Å². The molecular formula is C27H21ClN4O2. The summed E-state index contributed by atoms with van der Waals surface area (Å²) < 4.78 is 0. The molecule has 4 aromatic rings. The maximum absolute atomic E-state index is 13.3. The number of nitrogens with one attached hydrogen (secondary N) is 2. The van der Waals surface area contributed by atoms with Crippen molar-refractivity contribution in [2.75, 3.05) is 17.3 Å². The molecule has 0 saturated heterocycles. The van der Waals surface area contributed by atoms with E-state index in [0.29, 0.717) is 27.7 Å². The second-order valence-corrected chi connectivity index (χ2v) is 8.37. The SMILES string of the molecule is CN1C(=O)C(NC(=O)Nc2cccc3ccccc23)N=C(c2ccccc2)c2cc(Cl)ccc21. The third-order valence-electron chi connectivity index (χ3n) is 5.75. The van der Waals surface area contributed by atoms with Crippen molar-refractivity contribution in [2.24, 2.45) is 4.99 Å². The van der Waals surface area contributed by atoms with Gasteiger partial charge >= 0.3 is 6.03 Å². The van der Waals surface area contributed by atoms with Gasteiger partial charge in [0.1, 0.15) is 0 Å². The van der Waals surface area contributed by atoms with Crippen LogP contribution in [0.25, 0.3) is 10.8 Å². The van der Waals surface area contributed by atoms with Gasteiger partial charge in [0.05, 0.1) is 17.1 Å². The molecule has 0 aliphatic carbocycles. The topological polar surface area (TPSA) is 73.8 Å². The van der Waals surface area contributed by atoms with Gasteiger partial charge in [-0.05, 0) is 29.7 Å². The van der Waals surface area contributed by atoms with Crippen molar-refractivity contribution >= 4 is 51.4 Å². The minimum absolute atomic E-state index is 0.359. The molecule has 6 nitrogen and oxygen atoms in total. The van der Waals surface area contributed by atoms with Crippen LogP contribution in [0.3, 0.4) is 0 Å². The molecule has 3 amide bonds. The molecule has 2 N–H and O–H groups in total. The summed E-state index contributed by atoms with van der Waals surface area (Å²) in [6, 6.07) is 27.7. The van der Waals surface area contributed by atoms with Gasteiger partial charge in [0.25, 0.3) is 5.91 Å². The smallest absolute Gasteiger partial charge is 0.311 e. The Hall–Kier alpha value is -4.16. The molecule has 34 heavy (non-hydrogen) atoms. The van der Waals surface area contributed by atoms with Crippen LogP contribution < -0.4 is 15.5 Å². The second kappa shape index (κ2) is 9.00. The van der Waals surface area contributed by atoms with Crippen LogP contribution in [0.2, 0.25) is 5.02 Å². The zero-order valence-corrected chi connectivity index (χ0v) is 19.1. The highest BCUT2D eigenvalue weighted by Crippen LogP contribution is 2.30. The Morgan fingerprint density at radius 3 is 2.50 bits per heavy atom. The quantitative estimate of drug-likeness (QED) is 0.419. The normalized spacial score (nSPS) is 15.4. The molecule has 5 rings (SSSR count). The van der Waals surface area contributed by atoms with Gasteiger partial charge in [0.2, 0.25) is 6.17 Å². The van der Waals surface area contributed by atoms with Crippen molar-refractivity contribution in [1.29, 1.82) is 0 Å². The highest BCUT2D eigenvalue weighted by molar-refractivity contribution is 6.32. The van der Waals surface area contributed by atoms with E-state index in [4.69, 9.17) is 16.6 Å². The fourth-order valence-electron chi connectivity index (χ4n) is 4.08. The molecule has 1 aliphatic heterocycles. The highest BCUT2D eigenvalue weighted by Gasteiger charge is 2.31. The molecule has 4 aromatic carbocycles. The average molecular weight is 469 g/mol. The Balaban J connectivity index is 1.51. The number of hydrogen-bond acceptors (Lipinski definition) is 3. The number of halogens is 1. The molecule has 0 fully saturated rings. The Morgan fingerprint density at radius 1 is 0.941 bits per heavy atom. The lowest BCUT2D eigenvalue weighted by atomic mass is 10.0. The second-order valence-electron chi connectivity index (χ2n) is 7.93. The van der Waals surface area contributed by atoms with E-state index in [1.807, 2.05) is 72.8 Å². The van der Waals surface area contributed by atoms with Crippen LogP contribution in [0.4, 0.5) is 16.2 Å². The summed E-state index contributed by atoms with van der Waals surface area (Å²) in [7, 11) is 1.66. The van der Waals surface area contributed by atoms with Gasteiger partial charge in [0.15, 0.2) is 0 Å². The number of hydrogen-bond donors (Lipinski definition) is 2. The van der Waals surface area contributed by atoms with Crippen LogP contribution >= 0.6 is 11.6 Å². The average Bonchev–Trinajstić information content (AvgIpc) is 2.95. The van der Waals surface area contributed by atoms with E-state index in [2.05, 4.69) is 10.6 Å². The monoisotopic (exact) mass is 468 g/mol. The Kier molecular flexibility index (Phi) is 5.74. The third-order valence-corrected chi connectivity index (χ3v) is 5.99. The number of benzene rings is 4. The van der Waals surface area contributed by atoms with Gasteiger partial charge in [-0.3, -0.25) is 4.79 Å². The lowest BCUT2D eigenvalue weighted by molar-refractivity contribution is -0.119. The molecule has 168 valence electrons. The van der Waals surface area contributed by atoms with E-state index in [1.165, 1.54) is 4.90 Å². The minimum atomic E-state index is -1.12. The van der Waals surface area contributed by atoms with Crippen molar-refractivity contribution in [2.45, 2.75) is 6.17 Å². The van der Waals surface area contributed by atoms with Crippen molar-refractivity contribution in [3.05, 3.63) is 107 Å². The summed E-state index contributed by atoms with van der Waals surface area (Å²) in [6.07, 6.45) is -1.12. The number of anilines is 2. The van der Waals surface area contributed by atoms with Gasteiger partial charge in [-0.1, -0.05) is 78.3 Å². The first kappa shape index (κ1) is 21.7. The lowest BCUT2D eigenvalue weighted by Gasteiger charge is -2.21. The molecule has 0 radical (unpaired) electrons. The van der Waals surface area contributed by atoms with Gasteiger partial charge in [-0.15, -0.1) is 0 Å². The Bertz CT molecular complexity index is 1430. The number of rotatable bonds is 3. The molecule has 0 aromatic heterocycles. The summed E-state index contributed by atoms with van der Waals surface area (Å²) in [5.74, 6) is -0.359. The van der Waals surface area contributed by atoms with Gasteiger partial charge < -0.3 is 15.5 Å². The number of aliphatic imine (C=N–C) groups is 1. The largest absolute Gasteiger partial charge is 0.321 e. The number of carbonyl (C=O) groups excluding carboxylic acids is 2. The summed E-state index contributed by atoms with van der Waals surface area (Å²) in [5, 5.41) is 8.04. The Labute approximate surface area is 201 Å². The maximum Gasteiger partial charge on any atom is 0.321 e. The highest BCUT2D eigenvalue weighted by atomic mass is 35.5. The van der Waals surface area contributed by atoms with Crippen LogP contribution in [0.5, 0.6) is 0 Å². The number of carbonyl (C=O) groups is 2. The molecule has 1 aliphatic rings. The summed E-state index contributed by atoms with van der Waals surface area (Å²) in [4.78, 5) is 32.5. The van der Waals surface area contributed by atoms with E-state index in [1.54, 1.807) is 25.2 Å². The van der Waals surface area contributed by atoms with Gasteiger partial charge in [-0.2, -0.15) is 0 Å². The maximum atomic E-state index is 13.3. The zero-order valence-electron chi connectivity index (χ0n) is 18.3.